The molecule has 0 unspecified atom stereocenters. The Balaban J connectivity index is 0.00000162. The Kier molecular flexibility index (Phi) is 6.42. The second-order valence-electron chi connectivity index (χ2n) is 3.67. The molecule has 104 valence electrons. The fourth-order valence-corrected chi connectivity index (χ4v) is 4.64. The molecule has 0 aromatic heterocycles. The number of benzene rings is 1. The van der Waals surface area contributed by atoms with Crippen molar-refractivity contribution in [1.82, 2.24) is 4.31 Å². The smallest absolute Gasteiger partial charge is 0.207 e. The van der Waals surface area contributed by atoms with Gasteiger partial charge in [0.1, 0.15) is 0 Å². The monoisotopic (exact) mass is 365 g/mol. The number of thioether (sulfide) groups is 1. The average molecular weight is 366 g/mol. The largest absolute Gasteiger partial charge is 0.243 e. The van der Waals surface area contributed by atoms with Crippen molar-refractivity contribution in [2.75, 3.05) is 24.6 Å². The molecule has 0 saturated carbocycles. The second-order valence-corrected chi connectivity index (χ2v) is 7.79. The zero-order chi connectivity index (χ0) is 12.5. The standard InChI is InChI=1S/C10H13NO2S4.Ni/c12-17(13,11-3-5-16-6-4-11)8-1-2-9(14)10(15)7-8;/h1-2,7,14-15H,3-6H2;. The van der Waals surface area contributed by atoms with Gasteiger partial charge in [0.15, 0.2) is 0 Å². The van der Waals surface area contributed by atoms with E-state index >= 15 is 0 Å². The fraction of sp³-hybridized carbons (Fsp3) is 0.400. The van der Waals surface area contributed by atoms with Gasteiger partial charge < -0.3 is 0 Å². The van der Waals surface area contributed by atoms with Gasteiger partial charge in [0.05, 0.1) is 4.90 Å². The molecule has 18 heavy (non-hydrogen) atoms. The van der Waals surface area contributed by atoms with Crippen LogP contribution in [0.4, 0.5) is 0 Å². The summed E-state index contributed by atoms with van der Waals surface area (Å²) in [5.41, 5.74) is 0. The van der Waals surface area contributed by atoms with Gasteiger partial charge in [-0.15, -0.1) is 25.3 Å². The third-order valence-electron chi connectivity index (χ3n) is 2.55. The Morgan fingerprint density at radius 3 is 2.28 bits per heavy atom. The van der Waals surface area contributed by atoms with E-state index in [9.17, 15) is 8.42 Å². The van der Waals surface area contributed by atoms with Crippen molar-refractivity contribution in [1.29, 1.82) is 0 Å². The third-order valence-corrected chi connectivity index (χ3v) is 6.33. The molecule has 1 aliphatic heterocycles. The van der Waals surface area contributed by atoms with E-state index in [2.05, 4.69) is 25.3 Å². The first-order valence-corrected chi connectivity index (χ1v) is 8.60. The van der Waals surface area contributed by atoms with Gasteiger partial charge in [0, 0.05) is 50.9 Å². The molecule has 1 heterocycles. The number of nitrogens with zero attached hydrogens (tertiary/aromatic N) is 1. The van der Waals surface area contributed by atoms with Gasteiger partial charge >= 0.3 is 0 Å². The minimum absolute atomic E-state index is 0. The number of hydrogen-bond acceptors (Lipinski definition) is 5. The Morgan fingerprint density at radius 2 is 1.72 bits per heavy atom. The second kappa shape index (κ2) is 6.91. The molecule has 1 saturated heterocycles. The van der Waals surface area contributed by atoms with Crippen LogP contribution in [0.15, 0.2) is 32.9 Å². The molecule has 1 aliphatic rings. The summed E-state index contributed by atoms with van der Waals surface area (Å²) in [5, 5.41) is 0. The molecule has 0 atom stereocenters. The topological polar surface area (TPSA) is 37.4 Å². The first kappa shape index (κ1) is 16.7. The molecule has 0 spiro atoms. The SMILES string of the molecule is O=S(=O)(c1ccc(S)c(S)c1)N1CCSCC1.[Ni]. The minimum atomic E-state index is -3.36. The van der Waals surface area contributed by atoms with Gasteiger partial charge in [-0.05, 0) is 18.2 Å². The summed E-state index contributed by atoms with van der Waals surface area (Å²) in [4.78, 5) is 1.56. The van der Waals surface area contributed by atoms with Gasteiger partial charge in [-0.2, -0.15) is 16.1 Å². The summed E-state index contributed by atoms with van der Waals surface area (Å²) in [5.74, 6) is 1.72. The summed E-state index contributed by atoms with van der Waals surface area (Å²) >= 11 is 10.2. The molecule has 0 amide bonds. The first-order valence-electron chi connectivity index (χ1n) is 5.12. The van der Waals surface area contributed by atoms with E-state index in [0.29, 0.717) is 27.8 Å². The van der Waals surface area contributed by atoms with Crippen molar-refractivity contribution in [3.63, 3.8) is 0 Å². The Morgan fingerprint density at radius 1 is 1.11 bits per heavy atom. The molecular weight excluding hydrogens is 353 g/mol. The molecule has 2 rings (SSSR count). The zero-order valence-corrected chi connectivity index (χ0v) is 13.8. The summed E-state index contributed by atoms with van der Waals surface area (Å²) in [7, 11) is -3.36. The molecule has 8 heteroatoms. The zero-order valence-electron chi connectivity index (χ0n) is 9.35. The quantitative estimate of drug-likeness (QED) is 0.621. The summed E-state index contributed by atoms with van der Waals surface area (Å²) in [6.07, 6.45) is 0. The Hall–Kier alpha value is 0.674. The molecule has 0 aliphatic carbocycles. The molecule has 1 aromatic carbocycles. The number of rotatable bonds is 2. The van der Waals surface area contributed by atoms with Gasteiger partial charge in [0.2, 0.25) is 10.0 Å². The molecular formula is C10H13NNiO2S4. The van der Waals surface area contributed by atoms with Crippen LogP contribution in [-0.2, 0) is 26.5 Å². The third kappa shape index (κ3) is 3.61. The Labute approximate surface area is 133 Å². The van der Waals surface area contributed by atoms with Crippen LogP contribution >= 0.6 is 37.0 Å². The van der Waals surface area contributed by atoms with E-state index < -0.39 is 10.0 Å². The molecule has 0 radical (unpaired) electrons. The van der Waals surface area contributed by atoms with E-state index in [4.69, 9.17) is 0 Å². The predicted octanol–water partition coefficient (Wildman–Crippen LogP) is 2.00. The van der Waals surface area contributed by atoms with Crippen LogP contribution in [0.1, 0.15) is 0 Å². The van der Waals surface area contributed by atoms with Crippen molar-refractivity contribution < 1.29 is 24.9 Å². The van der Waals surface area contributed by atoms with Crippen LogP contribution in [0.25, 0.3) is 0 Å². The van der Waals surface area contributed by atoms with Gasteiger partial charge in [-0.25, -0.2) is 8.42 Å². The van der Waals surface area contributed by atoms with Crippen molar-refractivity contribution in [3.05, 3.63) is 18.2 Å². The normalized spacial score (nSPS) is 17.2. The van der Waals surface area contributed by atoms with Gasteiger partial charge in [0.25, 0.3) is 0 Å². The summed E-state index contributed by atoms with van der Waals surface area (Å²) in [6, 6.07) is 4.80. The number of thiol groups is 2. The van der Waals surface area contributed by atoms with Crippen LogP contribution in [0.2, 0.25) is 0 Å². The van der Waals surface area contributed by atoms with Crippen molar-refractivity contribution in [3.8, 4) is 0 Å². The van der Waals surface area contributed by atoms with E-state index in [1.54, 1.807) is 30.0 Å². The number of hydrogen-bond donors (Lipinski definition) is 2. The molecule has 0 bridgehead atoms. The van der Waals surface area contributed by atoms with Crippen LogP contribution in [-0.4, -0.2) is 37.3 Å². The maximum atomic E-state index is 12.3. The van der Waals surface area contributed by atoms with E-state index in [1.165, 1.54) is 4.31 Å². The van der Waals surface area contributed by atoms with Crippen molar-refractivity contribution >= 4 is 47.0 Å². The maximum Gasteiger partial charge on any atom is 0.243 e. The van der Waals surface area contributed by atoms with Crippen molar-refractivity contribution in [2.24, 2.45) is 0 Å². The van der Waals surface area contributed by atoms with Gasteiger partial charge in [-0.1, -0.05) is 0 Å². The summed E-state index contributed by atoms with van der Waals surface area (Å²) < 4.78 is 26.1. The first-order chi connectivity index (χ1) is 8.01. The van der Waals surface area contributed by atoms with E-state index in [1.807, 2.05) is 0 Å². The Bertz CT molecular complexity index is 515. The molecule has 1 fully saturated rings. The molecule has 0 N–H and O–H groups in total. The van der Waals surface area contributed by atoms with Crippen LogP contribution in [0.5, 0.6) is 0 Å². The average Bonchev–Trinajstić information content (AvgIpc) is 2.33. The predicted molar refractivity (Wildman–Crippen MR) is 77.0 cm³/mol. The maximum absolute atomic E-state index is 12.3. The van der Waals surface area contributed by atoms with E-state index in [-0.39, 0.29) is 16.5 Å². The summed E-state index contributed by atoms with van der Waals surface area (Å²) in [6.45, 7) is 1.16. The fourth-order valence-electron chi connectivity index (χ4n) is 1.60. The van der Waals surface area contributed by atoms with Crippen LogP contribution < -0.4 is 0 Å². The number of sulfonamides is 1. The molecule has 1 aromatic rings. The van der Waals surface area contributed by atoms with Gasteiger partial charge in [-0.3, -0.25) is 0 Å². The van der Waals surface area contributed by atoms with Crippen molar-refractivity contribution in [2.45, 2.75) is 14.7 Å². The van der Waals surface area contributed by atoms with Crippen LogP contribution in [0.3, 0.4) is 0 Å². The van der Waals surface area contributed by atoms with Crippen LogP contribution in [0, 0.1) is 0 Å². The van der Waals surface area contributed by atoms with E-state index in [0.717, 1.165) is 11.5 Å². The minimum Gasteiger partial charge on any atom is -0.207 e. The molecule has 3 nitrogen and oxygen atoms in total.